The average Bonchev–Trinajstić information content (AvgIpc) is 3.87. The van der Waals surface area contributed by atoms with Gasteiger partial charge in [-0.25, -0.2) is 9.67 Å². The zero-order valence-electron chi connectivity index (χ0n) is 30.0. The largest absolute Gasteiger partial charge is 0.284 e. The van der Waals surface area contributed by atoms with E-state index in [1.54, 1.807) is 11.3 Å². The molecule has 0 radical (unpaired) electrons. The van der Waals surface area contributed by atoms with Crippen molar-refractivity contribution in [2.24, 2.45) is 10.8 Å². The Balaban J connectivity index is 0.000000175. The summed E-state index contributed by atoms with van der Waals surface area (Å²) in [6, 6.07) is 20.8. The number of nitrogens with one attached hydrogen (secondary N) is 1. The van der Waals surface area contributed by atoms with Crippen molar-refractivity contribution in [2.75, 3.05) is 0 Å². The summed E-state index contributed by atoms with van der Waals surface area (Å²) < 4.78 is 6.34. The molecule has 9 rings (SSSR count). The van der Waals surface area contributed by atoms with Crippen LogP contribution in [0.5, 0.6) is 0 Å². The first-order valence-corrected chi connectivity index (χ1v) is 18.8. The zero-order chi connectivity index (χ0) is 34.5. The number of aromatic amines is 1. The van der Waals surface area contributed by atoms with Gasteiger partial charge in [-0.05, 0) is 66.4 Å². The van der Waals surface area contributed by atoms with Gasteiger partial charge in [-0.2, -0.15) is 0 Å². The smallest absolute Gasteiger partial charge is 0.270 e. The molecule has 2 saturated carbocycles. The molecule has 0 spiro atoms. The van der Waals surface area contributed by atoms with E-state index in [1.165, 1.54) is 28.9 Å². The van der Waals surface area contributed by atoms with E-state index in [9.17, 15) is 9.59 Å². The summed E-state index contributed by atoms with van der Waals surface area (Å²) in [7, 11) is 0. The third-order valence-corrected chi connectivity index (χ3v) is 14.6. The number of benzene rings is 2. The van der Waals surface area contributed by atoms with E-state index >= 15 is 0 Å². The molecule has 3 heterocycles. The predicted octanol–water partition coefficient (Wildman–Crippen LogP) is 9.36. The molecule has 1 N–H and O–H groups in total. The molecule has 0 saturated heterocycles. The molecule has 272 valence electrons. The van der Waals surface area contributed by atoms with Crippen LogP contribution >= 0.6 is 11.3 Å². The van der Waals surface area contributed by atoms with Gasteiger partial charge in [-0.3, -0.25) is 24.1 Å². The van der Waals surface area contributed by atoms with Gasteiger partial charge in [0.25, 0.3) is 11.1 Å². The standard InChI is InChI=1S/C23H27N3OS.C18H22N2O.2CH4/c1-15-24-17(14-28-15)13-26-21(27)19-18-10-11-23(4,22(18,2)3)20(19)25(26)12-16-8-6-5-7-9-16;1-17(2)13-9-10-18(17,3)15-14(13)16(21)19-20(15)11-12-7-5-4-6-8-12;;/h5-9,14,18H,10-13H2,1-4H3;4-8,13H,9-11H2,1-3H3,(H,19,21);2*1H4/t18-,23+;13-,18+;;/m00../s1. The van der Waals surface area contributed by atoms with Crippen LogP contribution in [0, 0.1) is 17.8 Å². The monoisotopic (exact) mass is 707 g/mol. The lowest BCUT2D eigenvalue weighted by atomic mass is 9.70. The van der Waals surface area contributed by atoms with Gasteiger partial charge in [0.1, 0.15) is 0 Å². The van der Waals surface area contributed by atoms with Crippen LogP contribution in [0.3, 0.4) is 0 Å². The highest BCUT2D eigenvalue weighted by Gasteiger charge is 2.63. The van der Waals surface area contributed by atoms with Crippen LogP contribution in [0.1, 0.15) is 138 Å². The summed E-state index contributed by atoms with van der Waals surface area (Å²) in [5.74, 6) is 0.777. The number of rotatable bonds is 6. The van der Waals surface area contributed by atoms with Gasteiger partial charge in [0.05, 0.1) is 41.7 Å². The molecular weight excluding hydrogens is 651 g/mol. The van der Waals surface area contributed by atoms with Crippen LogP contribution in [-0.2, 0) is 30.5 Å². The minimum absolute atomic E-state index is 0. The van der Waals surface area contributed by atoms with Crippen molar-refractivity contribution in [3.05, 3.63) is 131 Å². The van der Waals surface area contributed by atoms with E-state index in [-0.39, 0.29) is 47.6 Å². The summed E-state index contributed by atoms with van der Waals surface area (Å²) >= 11 is 1.65. The molecular formula is C43H57N5O2S. The Labute approximate surface area is 307 Å². The maximum atomic E-state index is 13.6. The van der Waals surface area contributed by atoms with Crippen LogP contribution in [0.2, 0.25) is 0 Å². The SMILES string of the molecule is C.C.CC1(C)[C@H]2CC[C@]1(C)c1c2c(=O)[nH]n1Cc1ccccc1.Cc1nc(Cn2c(=O)c3c(n2Cc2ccccc2)[C@@]2(C)CC[C@@H]3C2(C)C)cs1. The molecule has 2 fully saturated rings. The molecule has 4 bridgehead atoms. The van der Waals surface area contributed by atoms with Crippen molar-refractivity contribution < 1.29 is 0 Å². The second kappa shape index (κ2) is 12.6. The zero-order valence-corrected chi connectivity index (χ0v) is 30.8. The van der Waals surface area contributed by atoms with Crippen LogP contribution in [0.15, 0.2) is 75.6 Å². The van der Waals surface area contributed by atoms with Crippen LogP contribution in [0.4, 0.5) is 0 Å². The highest BCUT2D eigenvalue weighted by molar-refractivity contribution is 7.09. The molecule has 3 aromatic heterocycles. The summed E-state index contributed by atoms with van der Waals surface area (Å²) in [6.45, 7) is 18.1. The molecule has 4 aliphatic carbocycles. The van der Waals surface area contributed by atoms with Crippen molar-refractivity contribution in [3.63, 3.8) is 0 Å². The third kappa shape index (κ3) is 5.21. The number of hydrogen-bond donors (Lipinski definition) is 1. The molecule has 0 amide bonds. The van der Waals surface area contributed by atoms with Gasteiger partial charge in [-0.15, -0.1) is 11.3 Å². The number of aromatic nitrogens is 5. The van der Waals surface area contributed by atoms with Crippen molar-refractivity contribution >= 4 is 11.3 Å². The molecule has 0 unspecified atom stereocenters. The molecule has 2 aromatic carbocycles. The van der Waals surface area contributed by atoms with Gasteiger partial charge in [0.2, 0.25) is 0 Å². The van der Waals surface area contributed by atoms with Gasteiger partial charge in [-0.1, -0.05) is 117 Å². The Bertz CT molecular complexity index is 2160. The van der Waals surface area contributed by atoms with E-state index in [2.05, 4.69) is 115 Å². The van der Waals surface area contributed by atoms with Gasteiger partial charge in [0.15, 0.2) is 0 Å². The number of aryl methyl sites for hydroxylation is 1. The second-order valence-corrected chi connectivity index (χ2v) is 17.7. The third-order valence-electron chi connectivity index (χ3n) is 13.8. The first kappa shape index (κ1) is 36.9. The van der Waals surface area contributed by atoms with E-state index in [4.69, 9.17) is 0 Å². The molecule has 0 aliphatic heterocycles. The molecule has 51 heavy (non-hydrogen) atoms. The van der Waals surface area contributed by atoms with Crippen molar-refractivity contribution in [3.8, 4) is 0 Å². The predicted molar refractivity (Wildman–Crippen MR) is 210 cm³/mol. The number of H-pyrrole nitrogens is 1. The Morgan fingerprint density at radius 1 is 0.725 bits per heavy atom. The van der Waals surface area contributed by atoms with Crippen LogP contribution in [0.25, 0.3) is 0 Å². The highest BCUT2D eigenvalue weighted by Crippen LogP contribution is 2.68. The van der Waals surface area contributed by atoms with Gasteiger partial charge >= 0.3 is 0 Å². The van der Waals surface area contributed by atoms with Crippen LogP contribution in [-0.4, -0.2) is 24.1 Å². The maximum absolute atomic E-state index is 13.6. The first-order valence-electron chi connectivity index (χ1n) is 17.9. The minimum atomic E-state index is 0. The number of fused-ring (bicyclic) bond motifs is 10. The van der Waals surface area contributed by atoms with Crippen molar-refractivity contribution in [2.45, 2.75) is 131 Å². The number of nitrogens with zero attached hydrogens (tertiary/aromatic N) is 4. The fourth-order valence-corrected chi connectivity index (χ4v) is 11.0. The quantitative estimate of drug-likeness (QED) is 0.191. The van der Waals surface area contributed by atoms with Crippen LogP contribution < -0.4 is 11.1 Å². The summed E-state index contributed by atoms with van der Waals surface area (Å²) in [4.78, 5) is 30.7. The van der Waals surface area contributed by atoms with Gasteiger partial charge < -0.3 is 0 Å². The number of hydrogen-bond acceptors (Lipinski definition) is 4. The van der Waals surface area contributed by atoms with Gasteiger partial charge in [0, 0.05) is 27.3 Å². The lowest BCUT2D eigenvalue weighted by Crippen LogP contribution is -2.36. The normalized spacial score (nSPS) is 25.4. The fourth-order valence-electron chi connectivity index (χ4n) is 10.4. The lowest BCUT2D eigenvalue weighted by Gasteiger charge is -2.36. The first-order chi connectivity index (χ1) is 23.3. The highest BCUT2D eigenvalue weighted by atomic mass is 32.1. The fraction of sp³-hybridized carbons (Fsp3) is 0.512. The van der Waals surface area contributed by atoms with E-state index in [0.717, 1.165) is 54.2 Å². The van der Waals surface area contributed by atoms with E-state index in [0.29, 0.717) is 18.4 Å². The molecule has 5 aromatic rings. The van der Waals surface area contributed by atoms with E-state index in [1.807, 2.05) is 23.7 Å². The molecule has 8 heteroatoms. The molecule has 7 nitrogen and oxygen atoms in total. The Morgan fingerprint density at radius 2 is 1.25 bits per heavy atom. The molecule has 4 aliphatic rings. The lowest BCUT2D eigenvalue weighted by molar-refractivity contribution is 0.214. The Kier molecular flexibility index (Phi) is 9.14. The maximum Gasteiger partial charge on any atom is 0.270 e. The van der Waals surface area contributed by atoms with Crippen molar-refractivity contribution in [1.82, 2.24) is 24.1 Å². The molecule has 4 atom stereocenters. The van der Waals surface area contributed by atoms with E-state index < -0.39 is 0 Å². The Hall–Kier alpha value is -3.91. The Morgan fingerprint density at radius 3 is 1.80 bits per heavy atom. The summed E-state index contributed by atoms with van der Waals surface area (Å²) in [5.41, 5.74) is 8.90. The second-order valence-electron chi connectivity index (χ2n) is 16.6. The summed E-state index contributed by atoms with van der Waals surface area (Å²) in [5, 5.41) is 6.21. The van der Waals surface area contributed by atoms with Crippen molar-refractivity contribution in [1.29, 1.82) is 0 Å². The summed E-state index contributed by atoms with van der Waals surface area (Å²) in [6.07, 6.45) is 4.61. The topological polar surface area (TPSA) is 77.6 Å². The number of thiazole rings is 1. The minimum Gasteiger partial charge on any atom is -0.284 e. The average molecular weight is 708 g/mol.